The van der Waals surface area contributed by atoms with E-state index in [-0.39, 0.29) is 0 Å². The Morgan fingerprint density at radius 2 is 1.64 bits per heavy atom. The molecule has 11 heavy (non-hydrogen) atoms. The standard InChI is InChI=1S/C10H12S/c1-8(2)10(11)9-6-4-3-5-7-9/h3-7,11H,1-2H3. The predicted molar refractivity (Wildman–Crippen MR) is 53.7 cm³/mol. The fraction of sp³-hybridized carbons (Fsp3) is 0.200. The van der Waals surface area contributed by atoms with E-state index in [9.17, 15) is 0 Å². The van der Waals surface area contributed by atoms with Crippen molar-refractivity contribution in [2.24, 2.45) is 0 Å². The molecule has 0 amide bonds. The molecule has 0 spiro atoms. The SMILES string of the molecule is CC(C)=C(S)c1ccccc1. The summed E-state index contributed by atoms with van der Waals surface area (Å²) in [6.45, 7) is 4.13. The molecule has 1 aromatic carbocycles. The monoisotopic (exact) mass is 164 g/mol. The van der Waals surface area contributed by atoms with Crippen LogP contribution in [0.4, 0.5) is 0 Å². The van der Waals surface area contributed by atoms with Gasteiger partial charge in [0.05, 0.1) is 0 Å². The van der Waals surface area contributed by atoms with E-state index < -0.39 is 0 Å². The summed E-state index contributed by atoms with van der Waals surface area (Å²) >= 11 is 4.39. The third-order valence-electron chi connectivity index (χ3n) is 1.52. The summed E-state index contributed by atoms with van der Waals surface area (Å²) in [7, 11) is 0. The number of hydrogen-bond acceptors (Lipinski definition) is 1. The second-order valence-electron chi connectivity index (χ2n) is 2.71. The van der Waals surface area contributed by atoms with Crippen molar-refractivity contribution in [1.82, 2.24) is 0 Å². The van der Waals surface area contributed by atoms with Crippen molar-refractivity contribution in [2.75, 3.05) is 0 Å². The highest BCUT2D eigenvalue weighted by Gasteiger charge is 1.94. The third-order valence-corrected chi connectivity index (χ3v) is 2.23. The van der Waals surface area contributed by atoms with Crippen LogP contribution in [-0.4, -0.2) is 0 Å². The molecule has 1 rings (SSSR count). The first-order chi connectivity index (χ1) is 5.22. The summed E-state index contributed by atoms with van der Waals surface area (Å²) < 4.78 is 0. The Bertz CT molecular complexity index is 255. The lowest BCUT2D eigenvalue weighted by atomic mass is 10.1. The molecule has 0 unspecified atom stereocenters. The Morgan fingerprint density at radius 3 is 2.09 bits per heavy atom. The summed E-state index contributed by atoms with van der Waals surface area (Å²) in [6.07, 6.45) is 0. The van der Waals surface area contributed by atoms with Crippen LogP contribution < -0.4 is 0 Å². The second-order valence-corrected chi connectivity index (χ2v) is 3.16. The molecule has 0 fully saturated rings. The van der Waals surface area contributed by atoms with Gasteiger partial charge in [0.15, 0.2) is 0 Å². The maximum absolute atomic E-state index is 4.39. The zero-order valence-corrected chi connectivity index (χ0v) is 7.73. The summed E-state index contributed by atoms with van der Waals surface area (Å²) in [4.78, 5) is 1.07. The Morgan fingerprint density at radius 1 is 1.09 bits per heavy atom. The van der Waals surface area contributed by atoms with Gasteiger partial charge in [0, 0.05) is 4.91 Å². The van der Waals surface area contributed by atoms with Crippen molar-refractivity contribution < 1.29 is 0 Å². The van der Waals surface area contributed by atoms with E-state index in [0.717, 1.165) is 4.91 Å². The lowest BCUT2D eigenvalue weighted by molar-refractivity contribution is 1.41. The van der Waals surface area contributed by atoms with Gasteiger partial charge in [-0.1, -0.05) is 35.9 Å². The van der Waals surface area contributed by atoms with Crippen LogP contribution in [0, 0.1) is 0 Å². The molecule has 0 saturated carbocycles. The van der Waals surface area contributed by atoms with Crippen molar-refractivity contribution in [3.63, 3.8) is 0 Å². The van der Waals surface area contributed by atoms with Gasteiger partial charge in [-0.15, -0.1) is 12.6 Å². The molecule has 0 bridgehead atoms. The fourth-order valence-electron chi connectivity index (χ4n) is 0.885. The highest BCUT2D eigenvalue weighted by Crippen LogP contribution is 2.21. The van der Waals surface area contributed by atoms with E-state index >= 15 is 0 Å². The van der Waals surface area contributed by atoms with E-state index in [2.05, 4.69) is 38.6 Å². The van der Waals surface area contributed by atoms with Gasteiger partial charge in [-0.3, -0.25) is 0 Å². The molecule has 0 N–H and O–H groups in total. The fourth-order valence-corrected chi connectivity index (χ4v) is 1.03. The maximum atomic E-state index is 4.39. The maximum Gasteiger partial charge on any atom is 0.00989 e. The van der Waals surface area contributed by atoms with E-state index in [1.165, 1.54) is 11.1 Å². The van der Waals surface area contributed by atoms with Gasteiger partial charge in [0.2, 0.25) is 0 Å². The van der Waals surface area contributed by atoms with Gasteiger partial charge in [-0.2, -0.15) is 0 Å². The van der Waals surface area contributed by atoms with Crippen molar-refractivity contribution in [3.05, 3.63) is 41.5 Å². The van der Waals surface area contributed by atoms with E-state index in [1.54, 1.807) is 0 Å². The normalized spacial score (nSPS) is 9.36. The first-order valence-electron chi connectivity index (χ1n) is 3.63. The number of benzene rings is 1. The number of hydrogen-bond donors (Lipinski definition) is 1. The molecule has 1 heteroatoms. The molecule has 0 aliphatic rings. The second kappa shape index (κ2) is 3.63. The average Bonchev–Trinajstić information content (AvgIpc) is 2.05. The Kier molecular flexibility index (Phi) is 2.77. The third kappa shape index (κ3) is 2.12. The van der Waals surface area contributed by atoms with Crippen molar-refractivity contribution in [2.45, 2.75) is 13.8 Å². The summed E-state index contributed by atoms with van der Waals surface area (Å²) in [5.74, 6) is 0. The van der Waals surface area contributed by atoms with Crippen molar-refractivity contribution in [1.29, 1.82) is 0 Å². The zero-order valence-electron chi connectivity index (χ0n) is 6.83. The molecule has 0 saturated heterocycles. The molecule has 0 atom stereocenters. The Labute approximate surface area is 73.4 Å². The molecule has 0 aliphatic heterocycles. The summed E-state index contributed by atoms with van der Waals surface area (Å²) in [5, 5.41) is 0. The summed E-state index contributed by atoms with van der Waals surface area (Å²) in [5.41, 5.74) is 2.44. The van der Waals surface area contributed by atoms with Crippen LogP contribution in [-0.2, 0) is 0 Å². The van der Waals surface area contributed by atoms with Crippen LogP contribution in [0.3, 0.4) is 0 Å². The average molecular weight is 164 g/mol. The minimum Gasteiger partial charge on any atom is -0.143 e. The lowest BCUT2D eigenvalue weighted by Crippen LogP contribution is -1.77. The van der Waals surface area contributed by atoms with Gasteiger partial charge < -0.3 is 0 Å². The highest BCUT2D eigenvalue weighted by molar-refractivity contribution is 7.90. The molecule has 1 aromatic rings. The molecule has 0 aliphatic carbocycles. The van der Waals surface area contributed by atoms with Gasteiger partial charge >= 0.3 is 0 Å². The molecule has 58 valence electrons. The molecule has 0 radical (unpaired) electrons. The molecule has 0 nitrogen and oxygen atoms in total. The van der Waals surface area contributed by atoms with Crippen molar-refractivity contribution >= 4 is 17.5 Å². The van der Waals surface area contributed by atoms with Crippen molar-refractivity contribution in [3.8, 4) is 0 Å². The minimum absolute atomic E-state index is 1.07. The molecular formula is C10H12S. The van der Waals surface area contributed by atoms with Crippen LogP contribution in [0.1, 0.15) is 19.4 Å². The molecular weight excluding hydrogens is 152 g/mol. The molecule has 0 aromatic heterocycles. The minimum atomic E-state index is 1.07. The predicted octanol–water partition coefficient (Wildman–Crippen LogP) is 3.37. The van der Waals surface area contributed by atoms with Crippen LogP contribution in [0.5, 0.6) is 0 Å². The van der Waals surface area contributed by atoms with Crippen LogP contribution in [0.25, 0.3) is 4.91 Å². The van der Waals surface area contributed by atoms with Gasteiger partial charge in [-0.25, -0.2) is 0 Å². The first-order valence-corrected chi connectivity index (χ1v) is 4.08. The first kappa shape index (κ1) is 8.41. The summed E-state index contributed by atoms with van der Waals surface area (Å²) in [6, 6.07) is 10.2. The number of rotatable bonds is 1. The van der Waals surface area contributed by atoms with Gasteiger partial charge in [0.25, 0.3) is 0 Å². The van der Waals surface area contributed by atoms with Gasteiger partial charge in [0.1, 0.15) is 0 Å². The zero-order chi connectivity index (χ0) is 8.27. The van der Waals surface area contributed by atoms with E-state index in [4.69, 9.17) is 0 Å². The topological polar surface area (TPSA) is 0 Å². The number of allylic oxidation sites excluding steroid dienone is 1. The molecule has 0 heterocycles. The lowest BCUT2D eigenvalue weighted by Gasteiger charge is -2.01. The van der Waals surface area contributed by atoms with Crippen LogP contribution >= 0.6 is 12.6 Å². The van der Waals surface area contributed by atoms with Gasteiger partial charge in [-0.05, 0) is 19.4 Å². The number of thiol groups is 1. The smallest absolute Gasteiger partial charge is 0.00989 e. The largest absolute Gasteiger partial charge is 0.143 e. The van der Waals surface area contributed by atoms with E-state index in [1.807, 2.05) is 18.2 Å². The van der Waals surface area contributed by atoms with Crippen LogP contribution in [0.2, 0.25) is 0 Å². The Hall–Kier alpha value is -0.690. The Balaban J connectivity index is 3.04. The quantitative estimate of drug-likeness (QED) is 0.604. The highest BCUT2D eigenvalue weighted by atomic mass is 32.1. The van der Waals surface area contributed by atoms with Crippen LogP contribution in [0.15, 0.2) is 35.9 Å². The van der Waals surface area contributed by atoms with E-state index in [0.29, 0.717) is 0 Å².